The van der Waals surface area contributed by atoms with Gasteiger partial charge in [-0.3, -0.25) is 4.79 Å². The first-order chi connectivity index (χ1) is 10.6. The number of nitrogens with one attached hydrogen (secondary N) is 1. The van der Waals surface area contributed by atoms with Crippen LogP contribution in [0.25, 0.3) is 0 Å². The van der Waals surface area contributed by atoms with Gasteiger partial charge in [-0.1, -0.05) is 40.2 Å². The Kier molecular flexibility index (Phi) is 5.66. The Morgan fingerprint density at radius 1 is 1.23 bits per heavy atom. The van der Waals surface area contributed by atoms with Gasteiger partial charge in [0.2, 0.25) is 0 Å². The van der Waals surface area contributed by atoms with Crippen molar-refractivity contribution in [2.45, 2.75) is 6.92 Å². The third-order valence-electron chi connectivity index (χ3n) is 2.81. The second kappa shape index (κ2) is 7.70. The van der Waals surface area contributed by atoms with Crippen molar-refractivity contribution >= 4 is 27.5 Å². The molecule has 0 unspecified atom stereocenters. The highest BCUT2D eigenvalue weighted by atomic mass is 79.9. The Balaban J connectivity index is 1.88. The molecule has 0 aliphatic rings. The topological polar surface area (TPSA) is 50.7 Å². The number of para-hydroxylation sites is 1. The van der Waals surface area contributed by atoms with E-state index in [0.29, 0.717) is 5.71 Å². The Morgan fingerprint density at radius 2 is 1.91 bits per heavy atom. The molecule has 0 aliphatic heterocycles. The van der Waals surface area contributed by atoms with E-state index in [9.17, 15) is 9.18 Å². The van der Waals surface area contributed by atoms with Gasteiger partial charge in [0.1, 0.15) is 0 Å². The fraction of sp³-hybridized carbons (Fsp3) is 0.125. The third kappa shape index (κ3) is 4.66. The van der Waals surface area contributed by atoms with E-state index < -0.39 is 11.7 Å². The van der Waals surface area contributed by atoms with Crippen molar-refractivity contribution < 1.29 is 13.9 Å². The summed E-state index contributed by atoms with van der Waals surface area (Å²) in [4.78, 5) is 11.6. The smallest absolute Gasteiger partial charge is 0.277 e. The average Bonchev–Trinajstić information content (AvgIpc) is 2.52. The molecule has 0 atom stereocenters. The number of ether oxygens (including phenoxy) is 1. The molecular formula is C16H14BrFN2O2. The number of benzene rings is 2. The predicted octanol–water partition coefficient (Wildman–Crippen LogP) is 3.51. The number of nitrogens with zero attached hydrogens (tertiary/aromatic N) is 1. The number of hydrogen-bond donors (Lipinski definition) is 1. The van der Waals surface area contributed by atoms with Gasteiger partial charge in [-0.05, 0) is 36.8 Å². The van der Waals surface area contributed by atoms with Gasteiger partial charge < -0.3 is 4.74 Å². The molecule has 0 saturated heterocycles. The third-order valence-corrected chi connectivity index (χ3v) is 3.33. The zero-order valence-corrected chi connectivity index (χ0v) is 13.4. The number of halogens is 2. The van der Waals surface area contributed by atoms with E-state index in [0.717, 1.165) is 10.0 Å². The number of hydrazone groups is 1. The van der Waals surface area contributed by atoms with Crippen LogP contribution in [0.1, 0.15) is 12.5 Å². The molecule has 2 aromatic rings. The summed E-state index contributed by atoms with van der Waals surface area (Å²) in [7, 11) is 0. The van der Waals surface area contributed by atoms with E-state index >= 15 is 0 Å². The Labute approximate surface area is 136 Å². The summed E-state index contributed by atoms with van der Waals surface area (Å²) in [6, 6.07) is 13.4. The van der Waals surface area contributed by atoms with Crippen molar-refractivity contribution in [2.24, 2.45) is 5.10 Å². The minimum atomic E-state index is -0.509. The van der Waals surface area contributed by atoms with Crippen LogP contribution in [0.15, 0.2) is 58.1 Å². The lowest BCUT2D eigenvalue weighted by molar-refractivity contribution is -0.123. The van der Waals surface area contributed by atoms with Gasteiger partial charge >= 0.3 is 0 Å². The van der Waals surface area contributed by atoms with Crippen molar-refractivity contribution in [3.05, 3.63) is 64.4 Å². The second-order valence-corrected chi connectivity index (χ2v) is 5.37. The van der Waals surface area contributed by atoms with E-state index in [1.165, 1.54) is 12.1 Å². The van der Waals surface area contributed by atoms with Crippen LogP contribution in [0.3, 0.4) is 0 Å². The van der Waals surface area contributed by atoms with Crippen molar-refractivity contribution in [1.82, 2.24) is 5.43 Å². The minimum Gasteiger partial charge on any atom is -0.481 e. The second-order valence-electron chi connectivity index (χ2n) is 4.46. The lowest BCUT2D eigenvalue weighted by atomic mass is 10.1. The van der Waals surface area contributed by atoms with E-state index in [-0.39, 0.29) is 12.4 Å². The first-order valence-electron chi connectivity index (χ1n) is 6.52. The number of amides is 1. The molecule has 114 valence electrons. The average molecular weight is 365 g/mol. The van der Waals surface area contributed by atoms with Crippen LogP contribution >= 0.6 is 15.9 Å². The maximum atomic E-state index is 13.3. The number of rotatable bonds is 5. The molecule has 0 bridgehead atoms. The van der Waals surface area contributed by atoms with E-state index in [1.807, 2.05) is 24.3 Å². The molecule has 0 heterocycles. The van der Waals surface area contributed by atoms with Crippen LogP contribution in [0.4, 0.5) is 4.39 Å². The van der Waals surface area contributed by atoms with Crippen molar-refractivity contribution in [2.75, 3.05) is 6.61 Å². The summed E-state index contributed by atoms with van der Waals surface area (Å²) in [6.07, 6.45) is 0. The summed E-state index contributed by atoms with van der Waals surface area (Å²) in [5, 5.41) is 3.99. The Bertz CT molecular complexity index is 687. The molecule has 0 spiro atoms. The highest BCUT2D eigenvalue weighted by Gasteiger charge is 2.06. The van der Waals surface area contributed by atoms with Gasteiger partial charge in [0.25, 0.3) is 5.91 Å². The van der Waals surface area contributed by atoms with Crippen molar-refractivity contribution in [1.29, 1.82) is 0 Å². The zero-order valence-electron chi connectivity index (χ0n) is 11.8. The molecule has 2 rings (SSSR count). The molecule has 6 heteroatoms. The van der Waals surface area contributed by atoms with Crippen LogP contribution in [-0.4, -0.2) is 18.2 Å². The van der Waals surface area contributed by atoms with E-state index in [2.05, 4.69) is 26.5 Å². The summed E-state index contributed by atoms with van der Waals surface area (Å²) >= 11 is 3.35. The highest BCUT2D eigenvalue weighted by molar-refractivity contribution is 9.10. The summed E-state index contributed by atoms with van der Waals surface area (Å²) in [6.45, 7) is 1.47. The molecule has 0 aromatic heterocycles. The van der Waals surface area contributed by atoms with Gasteiger partial charge in [0.05, 0.1) is 5.71 Å². The quantitative estimate of drug-likeness (QED) is 0.651. The molecule has 2 aromatic carbocycles. The van der Waals surface area contributed by atoms with Gasteiger partial charge in [-0.25, -0.2) is 9.82 Å². The lowest BCUT2D eigenvalue weighted by Crippen LogP contribution is -2.25. The lowest BCUT2D eigenvalue weighted by Gasteiger charge is -2.06. The molecule has 4 nitrogen and oxygen atoms in total. The maximum Gasteiger partial charge on any atom is 0.277 e. The van der Waals surface area contributed by atoms with E-state index in [1.54, 1.807) is 19.1 Å². The summed E-state index contributed by atoms with van der Waals surface area (Å²) in [5.41, 5.74) is 3.92. The molecule has 22 heavy (non-hydrogen) atoms. The predicted molar refractivity (Wildman–Crippen MR) is 86.4 cm³/mol. The number of hydrogen-bond acceptors (Lipinski definition) is 3. The van der Waals surface area contributed by atoms with Gasteiger partial charge in [0.15, 0.2) is 18.2 Å². The van der Waals surface area contributed by atoms with Crippen LogP contribution < -0.4 is 10.2 Å². The van der Waals surface area contributed by atoms with Crippen molar-refractivity contribution in [3.63, 3.8) is 0 Å². The molecule has 0 radical (unpaired) electrons. The van der Waals surface area contributed by atoms with E-state index in [4.69, 9.17) is 4.74 Å². The number of carbonyl (C=O) groups is 1. The zero-order chi connectivity index (χ0) is 15.9. The first kappa shape index (κ1) is 16.2. The number of carbonyl (C=O) groups excluding carboxylic acids is 1. The highest BCUT2D eigenvalue weighted by Crippen LogP contribution is 2.15. The molecule has 0 aliphatic carbocycles. The molecule has 1 N–H and O–H groups in total. The monoisotopic (exact) mass is 364 g/mol. The van der Waals surface area contributed by atoms with Crippen LogP contribution in [0, 0.1) is 5.82 Å². The SMILES string of the molecule is C/C(=N\NC(=O)COc1ccccc1F)c1ccc(Br)cc1. The fourth-order valence-electron chi connectivity index (χ4n) is 1.64. The largest absolute Gasteiger partial charge is 0.481 e. The van der Waals surface area contributed by atoms with Gasteiger partial charge in [0, 0.05) is 4.47 Å². The van der Waals surface area contributed by atoms with Gasteiger partial charge in [-0.2, -0.15) is 5.10 Å². The first-order valence-corrected chi connectivity index (χ1v) is 7.32. The minimum absolute atomic E-state index is 0.0336. The van der Waals surface area contributed by atoms with Crippen LogP contribution in [-0.2, 0) is 4.79 Å². The van der Waals surface area contributed by atoms with Crippen LogP contribution in [0.2, 0.25) is 0 Å². The normalized spacial score (nSPS) is 11.1. The molecular weight excluding hydrogens is 351 g/mol. The maximum absolute atomic E-state index is 13.3. The van der Waals surface area contributed by atoms with Crippen LogP contribution in [0.5, 0.6) is 5.75 Å². The van der Waals surface area contributed by atoms with Crippen molar-refractivity contribution in [3.8, 4) is 5.75 Å². The Hall–Kier alpha value is -2.21. The summed E-state index contributed by atoms with van der Waals surface area (Å²) < 4.78 is 19.4. The van der Waals surface area contributed by atoms with Gasteiger partial charge in [-0.15, -0.1) is 0 Å². The Morgan fingerprint density at radius 3 is 2.59 bits per heavy atom. The molecule has 0 fully saturated rings. The fourth-order valence-corrected chi connectivity index (χ4v) is 1.90. The standard InChI is InChI=1S/C16H14BrFN2O2/c1-11(12-6-8-13(17)9-7-12)19-20-16(21)10-22-15-5-3-2-4-14(15)18/h2-9H,10H2,1H3,(H,20,21)/b19-11+. The summed E-state index contributed by atoms with van der Waals surface area (Å²) in [5.74, 6) is -0.934. The molecule has 0 saturated carbocycles. The molecule has 1 amide bonds.